The van der Waals surface area contributed by atoms with Gasteiger partial charge in [0.1, 0.15) is 0 Å². The molecule has 0 aromatic heterocycles. The predicted octanol–water partition coefficient (Wildman–Crippen LogP) is 1.98. The van der Waals surface area contributed by atoms with E-state index in [9.17, 15) is 9.59 Å². The summed E-state index contributed by atoms with van der Waals surface area (Å²) in [5, 5.41) is 11.9. The van der Waals surface area contributed by atoms with Gasteiger partial charge in [0.15, 0.2) is 5.60 Å². The Kier molecular flexibility index (Phi) is 6.34. The van der Waals surface area contributed by atoms with Crippen molar-refractivity contribution in [2.45, 2.75) is 44.9 Å². The summed E-state index contributed by atoms with van der Waals surface area (Å²) in [5.74, 6) is -1.86. The van der Waals surface area contributed by atoms with E-state index < -0.39 is 23.5 Å². The van der Waals surface area contributed by atoms with E-state index in [4.69, 9.17) is 14.6 Å². The van der Waals surface area contributed by atoms with Crippen LogP contribution >= 0.6 is 0 Å². The van der Waals surface area contributed by atoms with Gasteiger partial charge in [0.25, 0.3) is 5.91 Å². The second-order valence-corrected chi connectivity index (χ2v) is 6.27. The SMILES string of the molecule is CC(NC(=O)C1(OCc2ccccc2)CCOCC1)C(C)C(=O)O. The summed E-state index contributed by atoms with van der Waals surface area (Å²) in [6.07, 6.45) is 0.916. The van der Waals surface area contributed by atoms with Crippen molar-refractivity contribution in [3.8, 4) is 0 Å². The van der Waals surface area contributed by atoms with Crippen LogP contribution in [-0.2, 0) is 25.7 Å². The molecule has 1 aromatic carbocycles. The molecule has 1 amide bonds. The van der Waals surface area contributed by atoms with Gasteiger partial charge >= 0.3 is 5.97 Å². The number of aliphatic carboxylic acids is 1. The number of rotatable bonds is 7. The van der Waals surface area contributed by atoms with Crippen molar-refractivity contribution in [3.05, 3.63) is 35.9 Å². The van der Waals surface area contributed by atoms with E-state index in [1.54, 1.807) is 13.8 Å². The fourth-order valence-corrected chi connectivity index (χ4v) is 2.61. The number of hydrogen-bond acceptors (Lipinski definition) is 4. The second kappa shape index (κ2) is 8.26. The first kappa shape index (κ1) is 18.4. The van der Waals surface area contributed by atoms with Gasteiger partial charge < -0.3 is 19.9 Å². The molecule has 1 aliphatic rings. The van der Waals surface area contributed by atoms with Crippen LogP contribution in [0.1, 0.15) is 32.3 Å². The van der Waals surface area contributed by atoms with E-state index in [0.717, 1.165) is 5.56 Å². The molecule has 2 rings (SSSR count). The number of ether oxygens (including phenoxy) is 2. The highest BCUT2D eigenvalue weighted by Gasteiger charge is 2.42. The zero-order chi connectivity index (χ0) is 17.6. The van der Waals surface area contributed by atoms with Crippen LogP contribution in [0.4, 0.5) is 0 Å². The summed E-state index contributed by atoms with van der Waals surface area (Å²) in [7, 11) is 0. The summed E-state index contributed by atoms with van der Waals surface area (Å²) in [6, 6.07) is 9.18. The van der Waals surface area contributed by atoms with Crippen LogP contribution in [0.3, 0.4) is 0 Å². The summed E-state index contributed by atoms with van der Waals surface area (Å²) < 4.78 is 11.4. The highest BCUT2D eigenvalue weighted by Crippen LogP contribution is 2.27. The minimum atomic E-state index is -0.972. The molecule has 0 saturated carbocycles. The number of hydrogen-bond donors (Lipinski definition) is 2. The van der Waals surface area contributed by atoms with E-state index in [1.807, 2.05) is 30.3 Å². The monoisotopic (exact) mass is 335 g/mol. The van der Waals surface area contributed by atoms with Crippen LogP contribution in [0, 0.1) is 5.92 Å². The van der Waals surface area contributed by atoms with Gasteiger partial charge in [-0.15, -0.1) is 0 Å². The fraction of sp³-hybridized carbons (Fsp3) is 0.556. The van der Waals surface area contributed by atoms with Gasteiger partial charge in [-0.3, -0.25) is 9.59 Å². The molecule has 0 bridgehead atoms. The molecule has 0 aliphatic carbocycles. The summed E-state index contributed by atoms with van der Waals surface area (Å²) in [5.41, 5.74) is 0.0173. The zero-order valence-corrected chi connectivity index (χ0v) is 14.2. The highest BCUT2D eigenvalue weighted by molar-refractivity contribution is 5.86. The van der Waals surface area contributed by atoms with Crippen molar-refractivity contribution >= 4 is 11.9 Å². The van der Waals surface area contributed by atoms with Gasteiger partial charge in [0.05, 0.1) is 12.5 Å². The van der Waals surface area contributed by atoms with Gasteiger partial charge in [0.2, 0.25) is 0 Å². The number of carboxylic acid groups (broad SMARTS) is 1. The number of carbonyl (C=O) groups excluding carboxylic acids is 1. The number of carboxylic acids is 1. The van der Waals surface area contributed by atoms with E-state index in [1.165, 1.54) is 0 Å². The van der Waals surface area contributed by atoms with Crippen molar-refractivity contribution in [1.29, 1.82) is 0 Å². The molecule has 2 N–H and O–H groups in total. The topological polar surface area (TPSA) is 84.9 Å². The molecule has 24 heavy (non-hydrogen) atoms. The highest BCUT2D eigenvalue weighted by atomic mass is 16.5. The third kappa shape index (κ3) is 4.55. The number of carbonyl (C=O) groups is 2. The van der Waals surface area contributed by atoms with E-state index in [-0.39, 0.29) is 5.91 Å². The van der Waals surface area contributed by atoms with Crippen LogP contribution < -0.4 is 5.32 Å². The number of amides is 1. The Hall–Kier alpha value is -1.92. The van der Waals surface area contributed by atoms with Crippen molar-refractivity contribution in [3.63, 3.8) is 0 Å². The fourth-order valence-electron chi connectivity index (χ4n) is 2.61. The zero-order valence-electron chi connectivity index (χ0n) is 14.2. The minimum Gasteiger partial charge on any atom is -0.481 e. The maximum atomic E-state index is 12.8. The maximum absolute atomic E-state index is 12.8. The molecule has 1 aliphatic heterocycles. The molecule has 1 aromatic rings. The average Bonchev–Trinajstić information content (AvgIpc) is 2.60. The third-order valence-electron chi connectivity index (χ3n) is 4.57. The van der Waals surface area contributed by atoms with Crippen LogP contribution in [0.25, 0.3) is 0 Å². The van der Waals surface area contributed by atoms with Crippen molar-refractivity contribution in [1.82, 2.24) is 5.32 Å². The van der Waals surface area contributed by atoms with Gasteiger partial charge in [-0.2, -0.15) is 0 Å². The molecule has 0 spiro atoms. The summed E-state index contributed by atoms with van der Waals surface area (Å²) in [4.78, 5) is 23.9. The molecule has 2 atom stereocenters. The quantitative estimate of drug-likeness (QED) is 0.796. The lowest BCUT2D eigenvalue weighted by Crippen LogP contribution is -2.55. The molecular formula is C18H25NO5. The molecule has 6 nitrogen and oxygen atoms in total. The van der Waals surface area contributed by atoms with Gasteiger partial charge in [-0.05, 0) is 19.4 Å². The molecule has 2 unspecified atom stereocenters. The molecular weight excluding hydrogens is 310 g/mol. The Morgan fingerprint density at radius 3 is 2.46 bits per heavy atom. The first-order chi connectivity index (χ1) is 11.4. The molecule has 0 radical (unpaired) electrons. The first-order valence-electron chi connectivity index (χ1n) is 8.24. The van der Waals surface area contributed by atoms with Crippen LogP contribution in [0.5, 0.6) is 0 Å². The van der Waals surface area contributed by atoms with Crippen LogP contribution in [0.15, 0.2) is 30.3 Å². The lowest BCUT2D eigenvalue weighted by molar-refractivity contribution is -0.164. The minimum absolute atomic E-state index is 0.262. The molecule has 1 heterocycles. The van der Waals surface area contributed by atoms with Crippen molar-refractivity contribution in [2.24, 2.45) is 5.92 Å². The van der Waals surface area contributed by atoms with Gasteiger partial charge in [-0.1, -0.05) is 30.3 Å². The van der Waals surface area contributed by atoms with Crippen LogP contribution in [-0.4, -0.2) is 41.8 Å². The van der Waals surface area contributed by atoms with Crippen molar-refractivity contribution < 1.29 is 24.2 Å². The second-order valence-electron chi connectivity index (χ2n) is 6.27. The molecule has 132 valence electrons. The van der Waals surface area contributed by atoms with Gasteiger partial charge in [0, 0.05) is 32.1 Å². The first-order valence-corrected chi connectivity index (χ1v) is 8.24. The standard InChI is InChI=1S/C18H25NO5/c1-13(16(20)21)14(2)19-17(22)18(8-10-23-11-9-18)24-12-15-6-4-3-5-7-15/h3-7,13-14H,8-12H2,1-2H3,(H,19,22)(H,20,21). The number of benzene rings is 1. The Balaban J connectivity index is 2.05. The average molecular weight is 335 g/mol. The third-order valence-corrected chi connectivity index (χ3v) is 4.57. The Bertz CT molecular complexity index is 554. The maximum Gasteiger partial charge on any atom is 0.308 e. The lowest BCUT2D eigenvalue weighted by Gasteiger charge is -2.37. The summed E-state index contributed by atoms with van der Waals surface area (Å²) >= 11 is 0. The number of nitrogens with one attached hydrogen (secondary N) is 1. The smallest absolute Gasteiger partial charge is 0.308 e. The Labute approximate surface area is 142 Å². The lowest BCUT2D eigenvalue weighted by atomic mass is 9.91. The molecule has 1 saturated heterocycles. The van der Waals surface area contributed by atoms with Gasteiger partial charge in [-0.25, -0.2) is 0 Å². The Morgan fingerprint density at radius 1 is 1.25 bits per heavy atom. The predicted molar refractivity (Wildman–Crippen MR) is 88.4 cm³/mol. The summed E-state index contributed by atoms with van der Waals surface area (Å²) in [6.45, 7) is 4.50. The van der Waals surface area contributed by atoms with E-state index >= 15 is 0 Å². The Morgan fingerprint density at radius 2 is 1.88 bits per heavy atom. The van der Waals surface area contributed by atoms with E-state index in [0.29, 0.717) is 32.7 Å². The van der Waals surface area contributed by atoms with E-state index in [2.05, 4.69) is 5.32 Å². The molecule has 1 fully saturated rings. The molecule has 6 heteroatoms. The normalized spacial score (nSPS) is 19.2. The largest absolute Gasteiger partial charge is 0.481 e. The van der Waals surface area contributed by atoms with Crippen LogP contribution in [0.2, 0.25) is 0 Å². The van der Waals surface area contributed by atoms with Crippen molar-refractivity contribution in [2.75, 3.05) is 13.2 Å².